The molecule has 0 bridgehead atoms. The Morgan fingerprint density at radius 1 is 1.24 bits per heavy atom. The van der Waals surface area contributed by atoms with Crippen molar-refractivity contribution in [1.29, 1.82) is 0 Å². The fraction of sp³-hybridized carbons (Fsp3) is 0.235. The van der Waals surface area contributed by atoms with Crippen LogP contribution in [0.4, 0.5) is 0 Å². The molecule has 1 aliphatic heterocycles. The normalized spacial score (nSPS) is 14.4. The Kier molecular flexibility index (Phi) is 4.27. The van der Waals surface area contributed by atoms with Gasteiger partial charge in [-0.1, -0.05) is 23.4 Å². The van der Waals surface area contributed by atoms with E-state index in [1.165, 1.54) is 0 Å². The minimum absolute atomic E-state index is 0.116. The Morgan fingerprint density at radius 3 is 2.76 bits per heavy atom. The predicted molar refractivity (Wildman–Crippen MR) is 92.1 cm³/mol. The average Bonchev–Trinajstić information content (AvgIpc) is 3.22. The fourth-order valence-electron chi connectivity index (χ4n) is 2.61. The summed E-state index contributed by atoms with van der Waals surface area (Å²) in [5, 5.41) is 8.26. The zero-order valence-corrected chi connectivity index (χ0v) is 14.8. The second-order valence-corrected chi connectivity index (χ2v) is 6.54. The lowest BCUT2D eigenvalue weighted by atomic mass is 10.1. The first-order valence-corrected chi connectivity index (χ1v) is 8.61. The van der Waals surface area contributed by atoms with E-state index in [0.717, 1.165) is 11.4 Å². The number of carbonyl (C=O) groups is 1. The number of carbonyl (C=O) groups excluding carboxylic acids is 1. The van der Waals surface area contributed by atoms with Gasteiger partial charge in [0.1, 0.15) is 18.1 Å². The number of para-hydroxylation sites is 1. The minimum atomic E-state index is -0.116. The lowest BCUT2D eigenvalue weighted by molar-refractivity contribution is 0.0465. The molecular weight excluding hydrogens is 388 g/mol. The summed E-state index contributed by atoms with van der Waals surface area (Å²) in [6, 6.07) is 13.1. The van der Waals surface area contributed by atoms with Gasteiger partial charge in [0.05, 0.1) is 12.2 Å². The Balaban J connectivity index is 1.31. The van der Waals surface area contributed by atoms with Crippen LogP contribution in [0.1, 0.15) is 22.3 Å². The highest BCUT2D eigenvalue weighted by Gasteiger charge is 2.34. The number of benzene rings is 1. The molecule has 0 radical (unpaired) electrons. The number of halogens is 1. The first kappa shape index (κ1) is 15.9. The summed E-state index contributed by atoms with van der Waals surface area (Å²) in [6.45, 7) is 1.53. The van der Waals surface area contributed by atoms with E-state index in [-0.39, 0.29) is 11.9 Å². The number of furan rings is 1. The van der Waals surface area contributed by atoms with E-state index in [1.807, 2.05) is 36.5 Å². The second kappa shape index (κ2) is 6.72. The zero-order valence-electron chi connectivity index (χ0n) is 13.2. The smallest absolute Gasteiger partial charge is 0.289 e. The summed E-state index contributed by atoms with van der Waals surface area (Å²) in [6.07, 6.45) is 1.86. The monoisotopic (exact) mass is 402 g/mol. The first-order valence-electron chi connectivity index (χ1n) is 7.82. The van der Waals surface area contributed by atoms with Gasteiger partial charge >= 0.3 is 0 Å². The molecule has 0 spiro atoms. The molecule has 7 nitrogen and oxygen atoms in total. The van der Waals surface area contributed by atoms with E-state index in [2.05, 4.69) is 26.2 Å². The van der Waals surface area contributed by atoms with Crippen molar-refractivity contribution >= 4 is 21.8 Å². The van der Waals surface area contributed by atoms with Crippen molar-refractivity contribution in [1.82, 2.24) is 19.9 Å². The van der Waals surface area contributed by atoms with Crippen molar-refractivity contribution in [3.05, 3.63) is 64.8 Å². The van der Waals surface area contributed by atoms with Gasteiger partial charge in [-0.25, -0.2) is 4.68 Å². The molecule has 1 saturated heterocycles. The molecule has 8 heteroatoms. The maximum absolute atomic E-state index is 12.2. The van der Waals surface area contributed by atoms with Crippen LogP contribution in [-0.4, -0.2) is 38.9 Å². The lowest BCUT2D eigenvalue weighted by Crippen LogP contribution is -2.50. The Hall–Kier alpha value is -2.61. The van der Waals surface area contributed by atoms with Gasteiger partial charge in [-0.2, -0.15) is 0 Å². The van der Waals surface area contributed by atoms with Gasteiger partial charge < -0.3 is 14.1 Å². The van der Waals surface area contributed by atoms with Gasteiger partial charge in [-0.05, 0) is 40.2 Å². The molecule has 1 amide bonds. The molecule has 25 heavy (non-hydrogen) atoms. The van der Waals surface area contributed by atoms with Gasteiger partial charge in [0, 0.05) is 13.1 Å². The molecule has 0 unspecified atom stereocenters. The highest BCUT2D eigenvalue weighted by molar-refractivity contribution is 9.10. The highest BCUT2D eigenvalue weighted by Crippen LogP contribution is 2.24. The molecule has 1 aliphatic rings. The molecule has 4 rings (SSSR count). The van der Waals surface area contributed by atoms with Gasteiger partial charge in [0.15, 0.2) is 10.4 Å². The summed E-state index contributed by atoms with van der Waals surface area (Å²) in [5.41, 5.74) is 0.753. The second-order valence-electron chi connectivity index (χ2n) is 5.76. The maximum atomic E-state index is 12.2. The first-order chi connectivity index (χ1) is 12.2. The summed E-state index contributed by atoms with van der Waals surface area (Å²) >= 11 is 3.20. The van der Waals surface area contributed by atoms with Gasteiger partial charge in [-0.15, -0.1) is 5.10 Å². The Morgan fingerprint density at radius 2 is 2.04 bits per heavy atom. The molecule has 3 heterocycles. The minimum Gasteiger partial charge on any atom is -0.487 e. The third kappa shape index (κ3) is 3.43. The van der Waals surface area contributed by atoms with E-state index in [0.29, 0.717) is 30.1 Å². The van der Waals surface area contributed by atoms with E-state index < -0.39 is 0 Å². The molecule has 0 N–H and O–H groups in total. The van der Waals surface area contributed by atoms with E-state index in [9.17, 15) is 4.79 Å². The summed E-state index contributed by atoms with van der Waals surface area (Å²) in [7, 11) is 0. The Bertz CT molecular complexity index is 871. The number of rotatable bonds is 5. The number of hydrogen-bond acceptors (Lipinski definition) is 5. The van der Waals surface area contributed by atoms with E-state index >= 15 is 0 Å². The summed E-state index contributed by atoms with van der Waals surface area (Å²) in [5.74, 6) is 1.01. The molecule has 1 fully saturated rings. The third-order valence-corrected chi connectivity index (χ3v) is 4.42. The van der Waals surface area contributed by atoms with Crippen LogP contribution in [-0.2, 0) is 6.61 Å². The number of likely N-dealkylation sites (tertiary alicyclic amines) is 1. The maximum Gasteiger partial charge on any atom is 0.289 e. The van der Waals surface area contributed by atoms with Crippen LogP contribution < -0.4 is 4.74 Å². The lowest BCUT2D eigenvalue weighted by Gasteiger charge is -2.38. The quantitative estimate of drug-likeness (QED) is 0.655. The molecule has 1 aromatic carbocycles. The van der Waals surface area contributed by atoms with Crippen molar-refractivity contribution in [3.63, 3.8) is 0 Å². The van der Waals surface area contributed by atoms with Crippen LogP contribution >= 0.6 is 15.9 Å². The van der Waals surface area contributed by atoms with Crippen LogP contribution in [0, 0.1) is 0 Å². The SMILES string of the molecule is O=C(c1ccc(Br)o1)N1CC(n2cc(COc3ccccc3)nn2)C1. The Labute approximate surface area is 152 Å². The van der Waals surface area contributed by atoms with Crippen molar-refractivity contribution in [3.8, 4) is 5.75 Å². The summed E-state index contributed by atoms with van der Waals surface area (Å²) in [4.78, 5) is 13.9. The van der Waals surface area contributed by atoms with E-state index in [1.54, 1.807) is 21.7 Å². The number of aromatic nitrogens is 3. The largest absolute Gasteiger partial charge is 0.487 e. The molecule has 0 aliphatic carbocycles. The van der Waals surface area contributed by atoms with Gasteiger partial charge in [-0.3, -0.25) is 4.79 Å². The molecule has 3 aromatic rings. The predicted octanol–water partition coefficient (Wildman–Crippen LogP) is 2.91. The third-order valence-electron chi connectivity index (χ3n) is 4.00. The molecule has 128 valence electrons. The molecule has 0 saturated carbocycles. The summed E-state index contributed by atoms with van der Waals surface area (Å²) < 4.78 is 13.3. The van der Waals surface area contributed by atoms with Gasteiger partial charge in [0.25, 0.3) is 5.91 Å². The standard InChI is InChI=1S/C17H15BrN4O3/c18-16-7-6-15(25-16)17(23)21-9-13(10-21)22-8-12(19-20-22)11-24-14-4-2-1-3-5-14/h1-8,13H,9-11H2. The molecular formula is C17H15BrN4O3. The number of amides is 1. The van der Waals surface area contributed by atoms with Gasteiger partial charge in [0.2, 0.25) is 0 Å². The highest BCUT2D eigenvalue weighted by atomic mass is 79.9. The fourth-order valence-corrected chi connectivity index (χ4v) is 2.91. The van der Waals surface area contributed by atoms with Crippen LogP contribution in [0.15, 0.2) is 57.7 Å². The average molecular weight is 403 g/mol. The van der Waals surface area contributed by atoms with Crippen LogP contribution in [0.25, 0.3) is 0 Å². The van der Waals surface area contributed by atoms with Crippen molar-refractivity contribution in [2.45, 2.75) is 12.6 Å². The number of nitrogens with zero attached hydrogens (tertiary/aromatic N) is 4. The van der Waals surface area contributed by atoms with Crippen LogP contribution in [0.3, 0.4) is 0 Å². The molecule has 2 aromatic heterocycles. The molecule has 0 atom stereocenters. The van der Waals surface area contributed by atoms with E-state index in [4.69, 9.17) is 9.15 Å². The number of ether oxygens (including phenoxy) is 1. The van der Waals surface area contributed by atoms with Crippen LogP contribution in [0.5, 0.6) is 5.75 Å². The topological polar surface area (TPSA) is 73.4 Å². The van der Waals surface area contributed by atoms with Crippen molar-refractivity contribution < 1.29 is 13.9 Å². The van der Waals surface area contributed by atoms with Crippen molar-refractivity contribution in [2.24, 2.45) is 0 Å². The zero-order chi connectivity index (χ0) is 17.2. The number of hydrogen-bond donors (Lipinski definition) is 0. The van der Waals surface area contributed by atoms with Crippen LogP contribution in [0.2, 0.25) is 0 Å². The van der Waals surface area contributed by atoms with Crippen molar-refractivity contribution in [2.75, 3.05) is 13.1 Å².